The average molecular weight is 236 g/mol. The number of hydrogen-bond donors (Lipinski definition) is 3. The first-order chi connectivity index (χ1) is 7.90. The molecular weight excluding hydrogens is 220 g/mol. The van der Waals surface area contributed by atoms with Gasteiger partial charge in [0, 0.05) is 12.5 Å². The van der Waals surface area contributed by atoms with E-state index in [9.17, 15) is 20.1 Å². The summed E-state index contributed by atoms with van der Waals surface area (Å²) in [6, 6.07) is 1.05. The zero-order valence-electron chi connectivity index (χ0n) is 9.95. The molecule has 0 radical (unpaired) electrons. The van der Waals surface area contributed by atoms with Crippen LogP contribution in [-0.4, -0.2) is 21.1 Å². The molecule has 0 heterocycles. The van der Waals surface area contributed by atoms with Crippen molar-refractivity contribution in [3.63, 3.8) is 0 Å². The number of rotatable bonds is 4. The smallest absolute Gasteiger partial charge is 0.170 e. The highest BCUT2D eigenvalue weighted by Gasteiger charge is 2.22. The van der Waals surface area contributed by atoms with Crippen LogP contribution in [0.2, 0.25) is 0 Å². The van der Waals surface area contributed by atoms with Crippen LogP contribution < -0.4 is 0 Å². The van der Waals surface area contributed by atoms with Gasteiger partial charge in [0.1, 0.15) is 22.8 Å². The van der Waals surface area contributed by atoms with Crippen molar-refractivity contribution in [2.24, 2.45) is 0 Å². The van der Waals surface area contributed by atoms with Crippen molar-refractivity contribution in [2.45, 2.75) is 26.7 Å². The molecule has 0 fully saturated rings. The molecule has 0 saturated carbocycles. The first-order valence-electron chi connectivity index (χ1n) is 5.37. The van der Waals surface area contributed by atoms with Gasteiger partial charge >= 0.3 is 0 Å². The third-order valence-electron chi connectivity index (χ3n) is 2.44. The summed E-state index contributed by atoms with van der Waals surface area (Å²) in [5.41, 5.74) is 0.371. The van der Waals surface area contributed by atoms with Crippen LogP contribution in [0.4, 0.5) is 0 Å². The number of carbonyl (C=O) groups is 1. The SMILES string of the molecule is C=C(C)c1c(O)cc(O)c(C(=O)CCC)c1O. The number of aromatic hydroxyl groups is 3. The molecule has 0 bridgehead atoms. The van der Waals surface area contributed by atoms with Crippen molar-refractivity contribution in [1.29, 1.82) is 0 Å². The number of carbonyl (C=O) groups excluding carboxylic acids is 1. The Hall–Kier alpha value is -1.97. The fourth-order valence-corrected chi connectivity index (χ4v) is 1.69. The third kappa shape index (κ3) is 2.41. The van der Waals surface area contributed by atoms with E-state index in [4.69, 9.17) is 0 Å². The molecule has 92 valence electrons. The summed E-state index contributed by atoms with van der Waals surface area (Å²) < 4.78 is 0. The molecular formula is C13H16O4. The fraction of sp³-hybridized carbons (Fsp3) is 0.308. The van der Waals surface area contributed by atoms with Crippen LogP contribution in [0.5, 0.6) is 17.2 Å². The van der Waals surface area contributed by atoms with Crippen molar-refractivity contribution in [3.8, 4) is 17.2 Å². The Morgan fingerprint density at radius 1 is 1.24 bits per heavy atom. The summed E-state index contributed by atoms with van der Waals surface area (Å²) >= 11 is 0. The summed E-state index contributed by atoms with van der Waals surface area (Å²) in [7, 11) is 0. The number of hydrogen-bond acceptors (Lipinski definition) is 4. The standard InChI is InChI=1S/C13H16O4/c1-4-5-8(14)12-10(16)6-9(15)11(7(2)3)13(12)17/h6,15-17H,2,4-5H2,1,3H3. The lowest BCUT2D eigenvalue weighted by molar-refractivity contribution is 0.0976. The summed E-state index contributed by atoms with van der Waals surface area (Å²) in [6.07, 6.45) is 0.836. The lowest BCUT2D eigenvalue weighted by Gasteiger charge is -2.12. The number of phenols is 3. The summed E-state index contributed by atoms with van der Waals surface area (Å²) in [6.45, 7) is 7.03. The van der Waals surface area contributed by atoms with Gasteiger partial charge in [-0.15, -0.1) is 0 Å². The quantitative estimate of drug-likeness (QED) is 0.702. The van der Waals surface area contributed by atoms with Crippen LogP contribution in [-0.2, 0) is 0 Å². The second kappa shape index (κ2) is 4.91. The van der Waals surface area contributed by atoms with Gasteiger partial charge in [-0.2, -0.15) is 0 Å². The molecule has 1 aromatic rings. The molecule has 0 spiro atoms. The number of benzene rings is 1. The molecule has 17 heavy (non-hydrogen) atoms. The molecule has 0 aliphatic rings. The number of ketones is 1. The van der Waals surface area contributed by atoms with Gasteiger partial charge in [0.15, 0.2) is 5.78 Å². The Morgan fingerprint density at radius 2 is 1.76 bits per heavy atom. The average Bonchev–Trinajstić information content (AvgIpc) is 2.15. The van der Waals surface area contributed by atoms with Gasteiger partial charge in [-0.25, -0.2) is 0 Å². The molecule has 0 amide bonds. The molecule has 1 rings (SSSR count). The molecule has 0 aliphatic heterocycles. The largest absolute Gasteiger partial charge is 0.507 e. The Labute approximate surface area is 99.8 Å². The number of allylic oxidation sites excluding steroid dienone is 1. The van der Waals surface area contributed by atoms with Gasteiger partial charge in [-0.3, -0.25) is 4.79 Å². The van der Waals surface area contributed by atoms with Gasteiger partial charge in [0.25, 0.3) is 0 Å². The Bertz CT molecular complexity index is 475. The molecule has 4 heteroatoms. The summed E-state index contributed by atoms with van der Waals surface area (Å²) in [5.74, 6) is -1.47. The van der Waals surface area contributed by atoms with Gasteiger partial charge in [-0.1, -0.05) is 13.5 Å². The highest BCUT2D eigenvalue weighted by atomic mass is 16.3. The van der Waals surface area contributed by atoms with Crippen LogP contribution in [0.3, 0.4) is 0 Å². The molecule has 0 saturated heterocycles. The predicted octanol–water partition coefficient (Wildman–Crippen LogP) is 2.82. The van der Waals surface area contributed by atoms with Crippen molar-refractivity contribution in [3.05, 3.63) is 23.8 Å². The monoisotopic (exact) mass is 236 g/mol. The van der Waals surface area contributed by atoms with E-state index in [1.807, 2.05) is 6.92 Å². The van der Waals surface area contributed by atoms with E-state index in [0.29, 0.717) is 12.0 Å². The fourth-order valence-electron chi connectivity index (χ4n) is 1.69. The van der Waals surface area contributed by atoms with E-state index in [1.165, 1.54) is 0 Å². The van der Waals surface area contributed by atoms with Crippen LogP contribution >= 0.6 is 0 Å². The molecule has 0 atom stereocenters. The minimum atomic E-state index is -0.413. The highest BCUT2D eigenvalue weighted by molar-refractivity contribution is 6.03. The second-order valence-electron chi connectivity index (χ2n) is 3.97. The molecule has 0 unspecified atom stereocenters. The normalized spacial score (nSPS) is 10.2. The van der Waals surface area contributed by atoms with Crippen LogP contribution in [0.1, 0.15) is 42.6 Å². The number of Topliss-reactive ketones (excluding diaryl/α,β-unsaturated/α-hetero) is 1. The lowest BCUT2D eigenvalue weighted by Crippen LogP contribution is -2.01. The molecule has 0 aromatic heterocycles. The van der Waals surface area contributed by atoms with Crippen LogP contribution in [0, 0.1) is 0 Å². The molecule has 3 N–H and O–H groups in total. The van der Waals surface area contributed by atoms with E-state index < -0.39 is 11.5 Å². The van der Waals surface area contributed by atoms with Crippen molar-refractivity contribution in [1.82, 2.24) is 0 Å². The molecule has 1 aromatic carbocycles. The maximum atomic E-state index is 11.7. The maximum Gasteiger partial charge on any atom is 0.170 e. The first kappa shape index (κ1) is 13.1. The Balaban J connectivity index is 3.46. The minimum Gasteiger partial charge on any atom is -0.507 e. The van der Waals surface area contributed by atoms with Crippen molar-refractivity contribution < 1.29 is 20.1 Å². The minimum absolute atomic E-state index is 0.0993. The highest BCUT2D eigenvalue weighted by Crippen LogP contribution is 2.41. The Kier molecular flexibility index (Phi) is 3.78. The summed E-state index contributed by atoms with van der Waals surface area (Å²) in [4.78, 5) is 11.7. The van der Waals surface area contributed by atoms with E-state index in [0.717, 1.165) is 6.07 Å². The zero-order chi connectivity index (χ0) is 13.2. The molecule has 4 nitrogen and oxygen atoms in total. The zero-order valence-corrected chi connectivity index (χ0v) is 9.95. The van der Waals surface area contributed by atoms with Crippen LogP contribution in [0.15, 0.2) is 12.6 Å². The van der Waals surface area contributed by atoms with Gasteiger partial charge in [0.05, 0.1) is 5.56 Å². The Morgan fingerprint density at radius 3 is 2.24 bits per heavy atom. The summed E-state index contributed by atoms with van der Waals surface area (Å²) in [5, 5.41) is 29.1. The van der Waals surface area contributed by atoms with Crippen molar-refractivity contribution in [2.75, 3.05) is 0 Å². The topological polar surface area (TPSA) is 77.8 Å². The number of phenolic OH excluding ortho intramolecular Hbond substituents is 3. The lowest BCUT2D eigenvalue weighted by atomic mass is 9.97. The van der Waals surface area contributed by atoms with Gasteiger partial charge in [0.2, 0.25) is 0 Å². The van der Waals surface area contributed by atoms with E-state index in [-0.39, 0.29) is 29.1 Å². The van der Waals surface area contributed by atoms with Gasteiger partial charge < -0.3 is 15.3 Å². The van der Waals surface area contributed by atoms with Gasteiger partial charge in [-0.05, 0) is 18.9 Å². The maximum absolute atomic E-state index is 11.7. The third-order valence-corrected chi connectivity index (χ3v) is 2.44. The molecule has 0 aliphatic carbocycles. The van der Waals surface area contributed by atoms with Crippen molar-refractivity contribution >= 4 is 11.4 Å². The predicted molar refractivity (Wildman–Crippen MR) is 65.4 cm³/mol. The second-order valence-corrected chi connectivity index (χ2v) is 3.97. The van der Waals surface area contributed by atoms with E-state index >= 15 is 0 Å². The van der Waals surface area contributed by atoms with Crippen LogP contribution in [0.25, 0.3) is 5.57 Å². The van der Waals surface area contributed by atoms with E-state index in [1.54, 1.807) is 6.92 Å². The first-order valence-corrected chi connectivity index (χ1v) is 5.37. The van der Waals surface area contributed by atoms with E-state index in [2.05, 4.69) is 6.58 Å².